The van der Waals surface area contributed by atoms with E-state index in [1.54, 1.807) is 0 Å². The second-order valence-electron chi connectivity index (χ2n) is 3.98. The topological polar surface area (TPSA) is 159 Å². The van der Waals surface area contributed by atoms with E-state index in [-0.39, 0.29) is 0 Å². The van der Waals surface area contributed by atoms with Gasteiger partial charge in [-0.05, 0) is 23.4 Å². The maximum atomic E-state index is 13.5. The molecule has 0 amide bonds. The molecule has 0 unspecified atom stereocenters. The highest BCUT2D eigenvalue weighted by atomic mass is 32.2. The number of nitrogens with zero attached hydrogens (tertiary/aromatic N) is 3. The van der Waals surface area contributed by atoms with Gasteiger partial charge >= 0.3 is 0 Å². The van der Waals surface area contributed by atoms with Crippen molar-refractivity contribution in [3.05, 3.63) is 30.0 Å². The Morgan fingerprint density at radius 2 is 1.65 bits per heavy atom. The summed E-state index contributed by atoms with van der Waals surface area (Å²) in [5, 5.41) is 10.5. The van der Waals surface area contributed by atoms with E-state index in [1.165, 1.54) is 0 Å². The van der Waals surface area contributed by atoms with Crippen molar-refractivity contribution in [2.75, 3.05) is 5.32 Å². The molecule has 23 heavy (non-hydrogen) atoms. The Morgan fingerprint density at radius 1 is 1.00 bits per heavy atom. The number of hydrogen-bond acceptors (Lipinski definition) is 8. The van der Waals surface area contributed by atoms with Crippen LogP contribution in [0.2, 0.25) is 0 Å². The molecule has 14 heteroatoms. The Bertz CT molecular complexity index is 980. The lowest BCUT2D eigenvalue weighted by atomic mass is 10.3. The van der Waals surface area contributed by atoms with E-state index in [2.05, 4.69) is 15.4 Å². The van der Waals surface area contributed by atoms with Gasteiger partial charge in [-0.1, -0.05) is 5.10 Å². The van der Waals surface area contributed by atoms with Crippen LogP contribution in [0.1, 0.15) is 0 Å². The minimum absolute atomic E-state index is 0.567. The van der Waals surface area contributed by atoms with Crippen molar-refractivity contribution in [1.82, 2.24) is 15.4 Å². The van der Waals surface area contributed by atoms with Crippen molar-refractivity contribution in [3.63, 3.8) is 0 Å². The minimum Gasteiger partial charge on any atom is -0.335 e. The molecule has 1 aromatic carbocycles. The van der Waals surface area contributed by atoms with Crippen LogP contribution in [0.4, 0.5) is 20.3 Å². The lowest BCUT2D eigenvalue weighted by molar-refractivity contribution is 0.456. The Hall–Kier alpha value is -2.29. The van der Waals surface area contributed by atoms with Gasteiger partial charge in [-0.25, -0.2) is 0 Å². The minimum atomic E-state index is -4.86. The van der Waals surface area contributed by atoms with Gasteiger partial charge in [0.2, 0.25) is 5.82 Å². The summed E-state index contributed by atoms with van der Waals surface area (Å²) in [6.45, 7) is 0. The third kappa shape index (κ3) is 3.73. The van der Waals surface area contributed by atoms with Crippen LogP contribution < -0.4 is 5.32 Å². The molecule has 10 nitrogen and oxygen atoms in total. The summed E-state index contributed by atoms with van der Waals surface area (Å²) in [7, 11) is -9.59. The van der Waals surface area contributed by atoms with Gasteiger partial charge < -0.3 is 5.32 Å². The third-order valence-electron chi connectivity index (χ3n) is 2.45. The van der Waals surface area contributed by atoms with Crippen LogP contribution in [0.5, 0.6) is 0 Å². The number of halogens is 2. The fraction of sp³-hybridized carbons (Fsp3) is 0. The van der Waals surface area contributed by atoms with Crippen LogP contribution in [0, 0.1) is 11.8 Å². The Balaban J connectivity index is 2.65. The third-order valence-corrected chi connectivity index (χ3v) is 4.21. The molecule has 0 aliphatic heterocycles. The predicted molar refractivity (Wildman–Crippen MR) is 69.1 cm³/mol. The highest BCUT2D eigenvalue weighted by Gasteiger charge is 2.22. The van der Waals surface area contributed by atoms with E-state index in [9.17, 15) is 25.6 Å². The SMILES string of the molecule is O=S(=O)(O)c1ccc(S(=O)(=O)O)c(Nc2nnnc(F)c2F)c1. The molecule has 1 aromatic heterocycles. The van der Waals surface area contributed by atoms with Crippen LogP contribution in [-0.4, -0.2) is 41.4 Å². The fourth-order valence-corrected chi connectivity index (χ4v) is 2.63. The normalized spacial score (nSPS) is 12.2. The second-order valence-corrected chi connectivity index (χ2v) is 6.79. The molecule has 0 radical (unpaired) electrons. The quantitative estimate of drug-likeness (QED) is 0.644. The predicted octanol–water partition coefficient (Wildman–Crippen LogP) is 0.387. The van der Waals surface area contributed by atoms with E-state index in [0.717, 1.165) is 0 Å². The molecule has 1 heterocycles. The maximum absolute atomic E-state index is 13.5. The molecule has 0 fully saturated rings. The molecule has 2 rings (SSSR count). The first-order valence-corrected chi connectivity index (χ1v) is 8.28. The summed E-state index contributed by atoms with van der Waals surface area (Å²) in [6, 6.07) is 1.88. The summed E-state index contributed by atoms with van der Waals surface area (Å²) in [5.74, 6) is -4.20. The average molecular weight is 368 g/mol. The van der Waals surface area contributed by atoms with Gasteiger partial charge in [0, 0.05) is 0 Å². The zero-order valence-electron chi connectivity index (χ0n) is 10.7. The van der Waals surface area contributed by atoms with E-state index >= 15 is 0 Å². The largest absolute Gasteiger partial charge is 0.335 e. The molecule has 0 atom stereocenters. The van der Waals surface area contributed by atoms with Gasteiger partial charge in [-0.15, -0.1) is 5.10 Å². The number of nitrogens with one attached hydrogen (secondary N) is 1. The second kappa shape index (κ2) is 5.73. The van der Waals surface area contributed by atoms with Gasteiger partial charge in [-0.3, -0.25) is 9.11 Å². The summed E-state index contributed by atoms with van der Waals surface area (Å²) in [6.07, 6.45) is 0. The van der Waals surface area contributed by atoms with Crippen molar-refractivity contribution < 1.29 is 34.7 Å². The van der Waals surface area contributed by atoms with Crippen LogP contribution >= 0.6 is 0 Å². The molecular formula is C9H6F2N4O6S2. The number of anilines is 2. The Kier molecular flexibility index (Phi) is 4.25. The van der Waals surface area contributed by atoms with Crippen LogP contribution in [0.25, 0.3) is 0 Å². The first kappa shape index (κ1) is 17.1. The zero-order chi connectivity index (χ0) is 17.4. The number of benzene rings is 1. The molecule has 0 spiro atoms. The van der Waals surface area contributed by atoms with E-state index in [0.29, 0.717) is 18.2 Å². The van der Waals surface area contributed by atoms with E-state index in [4.69, 9.17) is 9.11 Å². The number of aromatic nitrogens is 3. The van der Waals surface area contributed by atoms with Crippen molar-refractivity contribution in [3.8, 4) is 0 Å². The van der Waals surface area contributed by atoms with E-state index < -0.39 is 53.3 Å². The molecule has 124 valence electrons. The molecule has 0 saturated heterocycles. The van der Waals surface area contributed by atoms with Crippen LogP contribution in [0.3, 0.4) is 0 Å². The standard InChI is InChI=1S/C9H6F2N4O6S2/c10-7-8(11)13-15-14-9(7)12-5-3-4(22(16,17)18)1-2-6(5)23(19,20)21/h1-3H,(H,12,13,14)(H,16,17,18)(H,19,20,21). The smallest absolute Gasteiger partial charge is 0.296 e. The van der Waals surface area contributed by atoms with Crippen molar-refractivity contribution in [1.29, 1.82) is 0 Å². The number of rotatable bonds is 4. The van der Waals surface area contributed by atoms with E-state index in [1.807, 2.05) is 5.32 Å². The first-order chi connectivity index (χ1) is 10.5. The summed E-state index contributed by atoms with van der Waals surface area (Å²) in [5.41, 5.74) is -0.693. The van der Waals surface area contributed by atoms with Gasteiger partial charge in [0.05, 0.1) is 10.6 Å². The molecule has 0 aliphatic carbocycles. The van der Waals surface area contributed by atoms with Crippen LogP contribution in [0.15, 0.2) is 28.0 Å². The highest BCUT2D eigenvalue weighted by molar-refractivity contribution is 7.86. The Morgan fingerprint density at radius 3 is 2.22 bits per heavy atom. The monoisotopic (exact) mass is 368 g/mol. The summed E-state index contributed by atoms with van der Waals surface area (Å²) in [4.78, 5) is -1.64. The maximum Gasteiger partial charge on any atom is 0.296 e. The van der Waals surface area contributed by atoms with Crippen molar-refractivity contribution in [2.24, 2.45) is 0 Å². The highest BCUT2D eigenvalue weighted by Crippen LogP contribution is 2.28. The summed E-state index contributed by atoms with van der Waals surface area (Å²) < 4.78 is 89.0. The first-order valence-electron chi connectivity index (χ1n) is 5.40. The zero-order valence-corrected chi connectivity index (χ0v) is 12.3. The molecule has 2 aromatic rings. The van der Waals surface area contributed by atoms with Crippen LogP contribution in [-0.2, 0) is 20.2 Å². The van der Waals surface area contributed by atoms with Gasteiger partial charge in [0.15, 0.2) is 5.82 Å². The molecule has 0 saturated carbocycles. The molecule has 0 aliphatic rings. The number of hydrogen-bond donors (Lipinski definition) is 3. The van der Waals surface area contributed by atoms with Gasteiger partial charge in [0.25, 0.3) is 26.2 Å². The Labute approximate surface area is 127 Å². The molecule has 0 bridgehead atoms. The lowest BCUT2D eigenvalue weighted by Gasteiger charge is -2.10. The van der Waals surface area contributed by atoms with Gasteiger partial charge in [-0.2, -0.15) is 25.6 Å². The van der Waals surface area contributed by atoms with Crippen molar-refractivity contribution in [2.45, 2.75) is 9.79 Å². The van der Waals surface area contributed by atoms with Gasteiger partial charge in [0.1, 0.15) is 4.90 Å². The molecular weight excluding hydrogens is 362 g/mol. The van der Waals surface area contributed by atoms with Crippen molar-refractivity contribution >= 4 is 31.7 Å². The summed E-state index contributed by atoms with van der Waals surface area (Å²) >= 11 is 0. The average Bonchev–Trinajstić information content (AvgIpc) is 2.41. The fourth-order valence-electron chi connectivity index (χ4n) is 1.49. The lowest BCUT2D eigenvalue weighted by Crippen LogP contribution is -2.09. The molecule has 3 N–H and O–H groups in total.